The highest BCUT2D eigenvalue weighted by Crippen LogP contribution is 2.64. The number of aliphatic hydroxyl groups is 1. The third-order valence-electron chi connectivity index (χ3n) is 10.6. The minimum absolute atomic E-state index is 0.173. The number of fused-ring (bicyclic) bond motifs is 4. The zero-order valence-electron chi connectivity index (χ0n) is 25.3. The van der Waals surface area contributed by atoms with E-state index in [1.807, 2.05) is 66.7 Å². The summed E-state index contributed by atoms with van der Waals surface area (Å²) in [5.41, 5.74) is 1.26. The number of benzene rings is 3. The number of hydrogen-bond acceptors (Lipinski definition) is 6. The average Bonchev–Trinajstić information content (AvgIpc) is 3.73. The van der Waals surface area contributed by atoms with Crippen molar-refractivity contribution in [3.05, 3.63) is 136 Å². The first-order chi connectivity index (χ1) is 22.8. The molecule has 4 amide bonds. The van der Waals surface area contributed by atoms with Crippen LogP contribution in [0.15, 0.2) is 113 Å². The van der Waals surface area contributed by atoms with Crippen LogP contribution in [-0.2, 0) is 37.7 Å². The summed E-state index contributed by atoms with van der Waals surface area (Å²) < 4.78 is 6.22. The zero-order chi connectivity index (χ0) is 32.4. The van der Waals surface area contributed by atoms with Gasteiger partial charge in [-0.1, -0.05) is 90.0 Å². The van der Waals surface area contributed by atoms with Gasteiger partial charge in [0, 0.05) is 5.02 Å². The van der Waals surface area contributed by atoms with E-state index in [2.05, 4.69) is 0 Å². The molecule has 0 unspecified atom stereocenters. The topological polar surface area (TPSA) is 108 Å². The van der Waals surface area contributed by atoms with Crippen molar-refractivity contribution in [2.24, 2.45) is 23.7 Å². The first kappa shape index (κ1) is 29.6. The van der Waals surface area contributed by atoms with E-state index in [1.54, 1.807) is 36.4 Å². The SMILES string of the molecule is O=C1[C@H]2[C@H](CC=C3[C@H]2C[C@H]2C(=O)N(c4cccc(Cl)c4)C(=O)[C@@]2(c2ccccc2)[C@H]3c2ccc(CO)o2)C(=O)N1Cc1ccccc1. The van der Waals surface area contributed by atoms with Gasteiger partial charge in [-0.25, -0.2) is 4.90 Å². The number of carbonyl (C=O) groups excluding carboxylic acids is 4. The van der Waals surface area contributed by atoms with Gasteiger partial charge in [0.25, 0.3) is 0 Å². The maximum absolute atomic E-state index is 15.1. The molecule has 3 aromatic carbocycles. The number of carbonyl (C=O) groups is 4. The first-order valence-electron chi connectivity index (χ1n) is 15.8. The number of likely N-dealkylation sites (tertiary alicyclic amines) is 1. The quantitative estimate of drug-likeness (QED) is 0.210. The van der Waals surface area contributed by atoms with Crippen LogP contribution in [0.3, 0.4) is 0 Å². The summed E-state index contributed by atoms with van der Waals surface area (Å²) in [7, 11) is 0. The van der Waals surface area contributed by atoms with Crippen LogP contribution in [0, 0.1) is 23.7 Å². The molecule has 1 N–H and O–H groups in total. The lowest BCUT2D eigenvalue weighted by Gasteiger charge is -2.49. The standard InChI is InChI=1S/C38H31ClN2O6/c39-24-12-7-13-25(18-24)41-35(44)30-19-29-27(15-16-28-32(29)36(45)40(34(28)43)20-22-8-3-1-4-9-22)33(31-17-14-26(21-42)47-31)38(30,37(41)46)23-10-5-2-6-11-23/h1-15,17-18,28-30,32-33,42H,16,19-21H2/t28-,29+,30-,32-,33+,38+/m0/s1. The van der Waals surface area contributed by atoms with E-state index < -0.39 is 40.9 Å². The van der Waals surface area contributed by atoms with Gasteiger partial charge >= 0.3 is 0 Å². The van der Waals surface area contributed by atoms with Gasteiger partial charge in [-0.2, -0.15) is 0 Å². The molecule has 47 heavy (non-hydrogen) atoms. The number of anilines is 1. The molecule has 0 spiro atoms. The van der Waals surface area contributed by atoms with E-state index in [1.165, 1.54) is 9.80 Å². The van der Waals surface area contributed by atoms with Crippen LogP contribution in [-0.4, -0.2) is 33.6 Å². The summed E-state index contributed by atoms with van der Waals surface area (Å²) in [5.74, 6) is -3.93. The lowest BCUT2D eigenvalue weighted by Crippen LogP contribution is -2.53. The van der Waals surface area contributed by atoms with E-state index in [9.17, 15) is 19.5 Å². The Kier molecular flexibility index (Phi) is 7.04. The molecular weight excluding hydrogens is 616 g/mol. The molecule has 2 aliphatic carbocycles. The molecular formula is C38H31ClN2O6. The summed E-state index contributed by atoms with van der Waals surface area (Å²) in [5, 5.41) is 10.3. The average molecular weight is 647 g/mol. The van der Waals surface area contributed by atoms with E-state index in [4.69, 9.17) is 16.0 Å². The molecule has 8 rings (SSSR count). The van der Waals surface area contributed by atoms with Crippen molar-refractivity contribution in [1.29, 1.82) is 0 Å². The summed E-state index contributed by atoms with van der Waals surface area (Å²) in [6.45, 7) is -0.170. The smallest absolute Gasteiger partial charge is 0.246 e. The van der Waals surface area contributed by atoms with Crippen molar-refractivity contribution in [2.75, 3.05) is 4.90 Å². The minimum atomic E-state index is -1.42. The number of imide groups is 2. The summed E-state index contributed by atoms with van der Waals surface area (Å²) in [4.78, 5) is 60.5. The van der Waals surface area contributed by atoms with Gasteiger partial charge in [0.1, 0.15) is 23.5 Å². The van der Waals surface area contributed by atoms with Crippen LogP contribution in [0.25, 0.3) is 0 Å². The number of furan rings is 1. The highest BCUT2D eigenvalue weighted by molar-refractivity contribution is 6.32. The monoisotopic (exact) mass is 646 g/mol. The summed E-state index contributed by atoms with van der Waals surface area (Å²) in [6.07, 6.45) is 2.52. The van der Waals surface area contributed by atoms with Crippen molar-refractivity contribution in [2.45, 2.75) is 37.3 Å². The van der Waals surface area contributed by atoms with Crippen molar-refractivity contribution in [1.82, 2.24) is 4.90 Å². The molecule has 4 aromatic rings. The van der Waals surface area contributed by atoms with Crippen molar-refractivity contribution < 1.29 is 28.7 Å². The fraction of sp³-hybridized carbons (Fsp3) is 0.263. The largest absolute Gasteiger partial charge is 0.463 e. The van der Waals surface area contributed by atoms with Crippen LogP contribution in [0.1, 0.15) is 41.4 Å². The van der Waals surface area contributed by atoms with Gasteiger partial charge in [-0.15, -0.1) is 0 Å². The third kappa shape index (κ3) is 4.31. The van der Waals surface area contributed by atoms with E-state index in [0.29, 0.717) is 34.2 Å². The van der Waals surface area contributed by atoms with Gasteiger partial charge < -0.3 is 9.52 Å². The minimum Gasteiger partial charge on any atom is -0.463 e. The molecule has 0 bridgehead atoms. The zero-order valence-corrected chi connectivity index (χ0v) is 26.0. The second-order valence-electron chi connectivity index (χ2n) is 12.8. The predicted octanol–water partition coefficient (Wildman–Crippen LogP) is 5.79. The molecule has 0 radical (unpaired) electrons. The number of hydrogen-bond donors (Lipinski definition) is 1. The molecule has 1 saturated carbocycles. The van der Waals surface area contributed by atoms with Crippen LogP contribution >= 0.6 is 11.6 Å². The van der Waals surface area contributed by atoms with E-state index >= 15 is 4.79 Å². The maximum atomic E-state index is 15.1. The second kappa shape index (κ2) is 11.2. The molecule has 4 aliphatic rings. The molecule has 8 nitrogen and oxygen atoms in total. The summed E-state index contributed by atoms with van der Waals surface area (Å²) in [6, 6.07) is 28.8. The van der Waals surface area contributed by atoms with E-state index in [0.717, 1.165) is 11.1 Å². The van der Waals surface area contributed by atoms with Gasteiger partial charge in [0.2, 0.25) is 23.6 Å². The van der Waals surface area contributed by atoms with Crippen molar-refractivity contribution in [3.8, 4) is 0 Å². The molecule has 3 heterocycles. The molecule has 2 aliphatic heterocycles. The van der Waals surface area contributed by atoms with Gasteiger partial charge in [-0.05, 0) is 60.2 Å². The van der Waals surface area contributed by atoms with Crippen molar-refractivity contribution in [3.63, 3.8) is 0 Å². The lowest BCUT2D eigenvalue weighted by molar-refractivity contribution is -0.141. The van der Waals surface area contributed by atoms with E-state index in [-0.39, 0.29) is 37.3 Å². The molecule has 2 saturated heterocycles. The third-order valence-corrected chi connectivity index (χ3v) is 10.8. The number of aliphatic hydroxyl groups excluding tert-OH is 1. The fourth-order valence-electron chi connectivity index (χ4n) is 8.67. The fourth-order valence-corrected chi connectivity index (χ4v) is 8.86. The Labute approximate surface area is 276 Å². The van der Waals surface area contributed by atoms with Gasteiger partial charge in [0.15, 0.2) is 0 Å². The number of amides is 4. The predicted molar refractivity (Wildman–Crippen MR) is 173 cm³/mol. The Morgan fingerprint density at radius 1 is 0.830 bits per heavy atom. The summed E-state index contributed by atoms with van der Waals surface area (Å²) >= 11 is 6.36. The Bertz CT molecular complexity index is 1950. The Morgan fingerprint density at radius 2 is 1.57 bits per heavy atom. The number of halogens is 1. The van der Waals surface area contributed by atoms with Crippen LogP contribution in [0.2, 0.25) is 5.02 Å². The van der Waals surface area contributed by atoms with Gasteiger partial charge in [0.05, 0.1) is 35.9 Å². The molecule has 1 aromatic heterocycles. The maximum Gasteiger partial charge on any atom is 0.246 e. The van der Waals surface area contributed by atoms with Crippen LogP contribution in [0.5, 0.6) is 0 Å². The normalized spacial score (nSPS) is 28.3. The van der Waals surface area contributed by atoms with Gasteiger partial charge in [-0.3, -0.25) is 24.1 Å². The second-order valence-corrected chi connectivity index (χ2v) is 13.2. The lowest BCUT2D eigenvalue weighted by atomic mass is 9.50. The van der Waals surface area contributed by atoms with Crippen LogP contribution < -0.4 is 4.90 Å². The Morgan fingerprint density at radius 3 is 2.28 bits per heavy atom. The molecule has 3 fully saturated rings. The van der Waals surface area contributed by atoms with Crippen molar-refractivity contribution >= 4 is 40.9 Å². The highest BCUT2D eigenvalue weighted by Gasteiger charge is 2.70. The first-order valence-corrected chi connectivity index (χ1v) is 16.2. The molecule has 236 valence electrons. The molecule has 6 atom stereocenters. The Balaban J connectivity index is 1.31. The number of nitrogens with zero attached hydrogens (tertiary/aromatic N) is 2. The number of allylic oxidation sites excluding steroid dienone is 2. The molecule has 9 heteroatoms. The number of rotatable bonds is 6. The Hall–Kier alpha value is -4.79. The van der Waals surface area contributed by atoms with Crippen LogP contribution in [0.4, 0.5) is 5.69 Å². The highest BCUT2D eigenvalue weighted by atomic mass is 35.5.